The summed E-state index contributed by atoms with van der Waals surface area (Å²) in [6.07, 6.45) is 1.62. The minimum Gasteiger partial charge on any atom is -0.487 e. The maximum atomic E-state index is 11.3. The van der Waals surface area contributed by atoms with Crippen molar-refractivity contribution in [2.75, 3.05) is 0 Å². The van der Waals surface area contributed by atoms with Gasteiger partial charge < -0.3 is 9.84 Å². The van der Waals surface area contributed by atoms with E-state index >= 15 is 0 Å². The van der Waals surface area contributed by atoms with Gasteiger partial charge in [-0.3, -0.25) is 0 Å². The number of aryl methyl sites for hydroxylation is 1. The van der Waals surface area contributed by atoms with Crippen LogP contribution in [0.4, 0.5) is 0 Å². The first-order valence-electron chi connectivity index (χ1n) is 6.42. The highest BCUT2D eigenvalue weighted by Gasteiger charge is 2.21. The lowest BCUT2D eigenvalue weighted by Gasteiger charge is -2.07. The molecule has 0 aliphatic heterocycles. The molecule has 0 unspecified atom stereocenters. The second-order valence-electron chi connectivity index (χ2n) is 4.52. The molecule has 0 bridgehead atoms. The summed E-state index contributed by atoms with van der Waals surface area (Å²) in [5.41, 5.74) is 1.33. The van der Waals surface area contributed by atoms with Crippen molar-refractivity contribution < 1.29 is 14.6 Å². The standard InChI is InChI=1S/C14H12N4O3S/c1-9-2-4-10(5-3-9)21-8-11-12(13(19)20)16-17-18(11)14-15-6-7-22-14/h2-7H,8H2,1H3,(H,19,20). The van der Waals surface area contributed by atoms with Crippen LogP contribution in [0, 0.1) is 6.92 Å². The Labute approximate surface area is 129 Å². The lowest BCUT2D eigenvalue weighted by Crippen LogP contribution is -2.10. The molecule has 0 atom stereocenters. The summed E-state index contributed by atoms with van der Waals surface area (Å²) in [4.78, 5) is 15.4. The third-order valence-corrected chi connectivity index (χ3v) is 3.71. The van der Waals surface area contributed by atoms with Gasteiger partial charge in [0.25, 0.3) is 0 Å². The molecule has 0 radical (unpaired) electrons. The molecule has 1 N–H and O–H groups in total. The number of rotatable bonds is 5. The van der Waals surface area contributed by atoms with Gasteiger partial charge in [-0.15, -0.1) is 16.4 Å². The minimum atomic E-state index is -1.15. The predicted molar refractivity (Wildman–Crippen MR) is 79.5 cm³/mol. The summed E-state index contributed by atoms with van der Waals surface area (Å²) < 4.78 is 7.04. The van der Waals surface area contributed by atoms with Crippen LogP contribution in [0.15, 0.2) is 35.8 Å². The molecule has 22 heavy (non-hydrogen) atoms. The van der Waals surface area contributed by atoms with Gasteiger partial charge in [0.1, 0.15) is 18.1 Å². The van der Waals surface area contributed by atoms with Crippen molar-refractivity contribution in [1.29, 1.82) is 0 Å². The van der Waals surface area contributed by atoms with Crippen LogP contribution >= 0.6 is 11.3 Å². The lowest BCUT2D eigenvalue weighted by molar-refractivity contribution is 0.0687. The van der Waals surface area contributed by atoms with Gasteiger partial charge in [-0.1, -0.05) is 22.9 Å². The molecular weight excluding hydrogens is 304 g/mol. The Hall–Kier alpha value is -2.74. The molecule has 7 nitrogen and oxygen atoms in total. The Balaban J connectivity index is 1.89. The minimum absolute atomic E-state index is 0.0390. The van der Waals surface area contributed by atoms with Crippen LogP contribution in [0.1, 0.15) is 21.7 Å². The van der Waals surface area contributed by atoms with Gasteiger partial charge >= 0.3 is 5.97 Å². The number of thiazole rings is 1. The Kier molecular flexibility index (Phi) is 3.84. The SMILES string of the molecule is Cc1ccc(OCc2c(C(=O)O)nnn2-c2nccs2)cc1. The number of hydrogen-bond donors (Lipinski definition) is 1. The smallest absolute Gasteiger partial charge is 0.358 e. The molecule has 0 amide bonds. The van der Waals surface area contributed by atoms with Crippen LogP contribution < -0.4 is 4.74 Å². The Morgan fingerprint density at radius 1 is 1.36 bits per heavy atom. The fourth-order valence-electron chi connectivity index (χ4n) is 1.86. The van der Waals surface area contributed by atoms with Gasteiger partial charge in [-0.25, -0.2) is 9.78 Å². The van der Waals surface area contributed by atoms with Crippen LogP contribution in [0.5, 0.6) is 5.75 Å². The third kappa shape index (κ3) is 2.82. The van der Waals surface area contributed by atoms with E-state index in [2.05, 4.69) is 15.3 Å². The first-order valence-corrected chi connectivity index (χ1v) is 7.30. The molecule has 112 valence electrons. The van der Waals surface area contributed by atoms with E-state index in [-0.39, 0.29) is 12.3 Å². The average Bonchev–Trinajstić information content (AvgIpc) is 3.15. The van der Waals surface area contributed by atoms with Crippen molar-refractivity contribution in [2.45, 2.75) is 13.5 Å². The molecule has 0 saturated heterocycles. The lowest BCUT2D eigenvalue weighted by atomic mass is 10.2. The first-order chi connectivity index (χ1) is 10.6. The average molecular weight is 316 g/mol. The summed E-state index contributed by atoms with van der Waals surface area (Å²) in [5, 5.41) is 19.1. The number of carboxylic acids is 1. The summed E-state index contributed by atoms with van der Waals surface area (Å²) in [6, 6.07) is 7.49. The zero-order valence-corrected chi connectivity index (χ0v) is 12.4. The number of carbonyl (C=O) groups is 1. The summed E-state index contributed by atoms with van der Waals surface area (Å²) in [5.74, 6) is -0.501. The summed E-state index contributed by atoms with van der Waals surface area (Å²) in [6.45, 7) is 2.02. The second kappa shape index (κ2) is 5.94. The number of hydrogen-bond acceptors (Lipinski definition) is 6. The van der Waals surface area contributed by atoms with Crippen LogP contribution in [0.3, 0.4) is 0 Å². The highest BCUT2D eigenvalue weighted by atomic mass is 32.1. The molecule has 0 spiro atoms. The Morgan fingerprint density at radius 3 is 2.77 bits per heavy atom. The summed E-state index contributed by atoms with van der Waals surface area (Å²) in [7, 11) is 0. The monoisotopic (exact) mass is 316 g/mol. The number of aromatic carboxylic acids is 1. The molecule has 0 aliphatic carbocycles. The van der Waals surface area contributed by atoms with Crippen LogP contribution in [-0.4, -0.2) is 31.1 Å². The van der Waals surface area contributed by atoms with Crippen molar-refractivity contribution in [2.24, 2.45) is 0 Å². The molecule has 0 aliphatic rings. The number of carboxylic acid groups (broad SMARTS) is 1. The normalized spacial score (nSPS) is 10.6. The van der Waals surface area contributed by atoms with E-state index in [1.54, 1.807) is 11.6 Å². The molecule has 0 fully saturated rings. The van der Waals surface area contributed by atoms with E-state index in [0.29, 0.717) is 16.6 Å². The Morgan fingerprint density at radius 2 is 2.14 bits per heavy atom. The van der Waals surface area contributed by atoms with Crippen LogP contribution in [-0.2, 0) is 6.61 Å². The van der Waals surface area contributed by atoms with Gasteiger partial charge in [0, 0.05) is 11.6 Å². The van der Waals surface area contributed by atoms with Crippen LogP contribution in [0.25, 0.3) is 5.13 Å². The maximum Gasteiger partial charge on any atom is 0.358 e. The topological polar surface area (TPSA) is 90.1 Å². The van der Waals surface area contributed by atoms with Crippen molar-refractivity contribution in [3.63, 3.8) is 0 Å². The highest BCUT2D eigenvalue weighted by Crippen LogP contribution is 2.18. The first kappa shape index (κ1) is 14.2. The van der Waals surface area contributed by atoms with Crippen LogP contribution in [0.2, 0.25) is 0 Å². The maximum absolute atomic E-state index is 11.3. The zero-order chi connectivity index (χ0) is 15.5. The van der Waals surface area contributed by atoms with Gasteiger partial charge in [-0.05, 0) is 19.1 Å². The van der Waals surface area contributed by atoms with Gasteiger partial charge in [-0.2, -0.15) is 4.68 Å². The number of aromatic nitrogens is 4. The highest BCUT2D eigenvalue weighted by molar-refractivity contribution is 7.12. The molecular formula is C14H12N4O3S. The zero-order valence-electron chi connectivity index (χ0n) is 11.6. The van der Waals surface area contributed by atoms with Crippen molar-refractivity contribution in [3.05, 3.63) is 52.8 Å². The molecule has 8 heteroatoms. The fraction of sp³-hybridized carbons (Fsp3) is 0.143. The quantitative estimate of drug-likeness (QED) is 0.777. The molecule has 0 saturated carbocycles. The van der Waals surface area contributed by atoms with E-state index in [9.17, 15) is 9.90 Å². The van der Waals surface area contributed by atoms with E-state index < -0.39 is 5.97 Å². The van der Waals surface area contributed by atoms with E-state index in [1.165, 1.54) is 16.0 Å². The predicted octanol–water partition coefficient (Wildman–Crippen LogP) is 2.31. The molecule has 1 aromatic carbocycles. The molecule has 2 aromatic heterocycles. The Bertz CT molecular complexity index is 781. The van der Waals surface area contributed by atoms with E-state index in [0.717, 1.165) is 5.56 Å². The molecule has 2 heterocycles. The third-order valence-electron chi connectivity index (χ3n) is 2.96. The summed E-state index contributed by atoms with van der Waals surface area (Å²) >= 11 is 1.34. The van der Waals surface area contributed by atoms with E-state index in [1.807, 2.05) is 31.2 Å². The van der Waals surface area contributed by atoms with Crippen molar-refractivity contribution in [1.82, 2.24) is 20.0 Å². The van der Waals surface area contributed by atoms with Crippen molar-refractivity contribution in [3.8, 4) is 10.9 Å². The second-order valence-corrected chi connectivity index (χ2v) is 5.39. The fourth-order valence-corrected chi connectivity index (χ4v) is 2.47. The van der Waals surface area contributed by atoms with E-state index in [4.69, 9.17) is 4.74 Å². The van der Waals surface area contributed by atoms with Gasteiger partial charge in [0.2, 0.25) is 5.13 Å². The van der Waals surface area contributed by atoms with Gasteiger partial charge in [0.15, 0.2) is 5.69 Å². The van der Waals surface area contributed by atoms with Gasteiger partial charge in [0.05, 0.1) is 0 Å². The largest absolute Gasteiger partial charge is 0.487 e. The number of benzene rings is 1. The number of ether oxygens (including phenoxy) is 1. The molecule has 3 rings (SSSR count). The number of nitrogens with zero attached hydrogens (tertiary/aromatic N) is 4. The van der Waals surface area contributed by atoms with Crippen molar-refractivity contribution >= 4 is 17.3 Å². The molecule has 3 aromatic rings.